The second-order valence-corrected chi connectivity index (χ2v) is 5.74. The second kappa shape index (κ2) is 7.15. The standard InChI is InChI=1S/C15H28O2/c1-5-17-10-9-13-8-6-7-12(4)14(13)15(16)11(2)3/h11-14H,5-10H2,1-4H3. The molecule has 0 aromatic rings. The quantitative estimate of drug-likeness (QED) is 0.662. The Balaban J connectivity index is 2.60. The van der Waals surface area contributed by atoms with E-state index in [4.69, 9.17) is 4.74 Å². The molecule has 0 aromatic heterocycles. The lowest BCUT2D eigenvalue weighted by molar-refractivity contribution is -0.131. The number of carbonyl (C=O) groups excluding carboxylic acids is 1. The Morgan fingerprint density at radius 2 is 2.06 bits per heavy atom. The van der Waals surface area contributed by atoms with E-state index in [1.807, 2.05) is 20.8 Å². The summed E-state index contributed by atoms with van der Waals surface area (Å²) in [4.78, 5) is 12.3. The summed E-state index contributed by atoms with van der Waals surface area (Å²) in [7, 11) is 0. The highest BCUT2D eigenvalue weighted by atomic mass is 16.5. The Morgan fingerprint density at radius 3 is 2.65 bits per heavy atom. The third kappa shape index (κ3) is 4.09. The molecular formula is C15H28O2. The van der Waals surface area contributed by atoms with E-state index in [2.05, 4.69) is 6.92 Å². The van der Waals surface area contributed by atoms with Crippen LogP contribution in [-0.2, 0) is 9.53 Å². The number of ketones is 1. The van der Waals surface area contributed by atoms with E-state index in [-0.39, 0.29) is 11.8 Å². The smallest absolute Gasteiger partial charge is 0.139 e. The van der Waals surface area contributed by atoms with Crippen LogP contribution < -0.4 is 0 Å². The van der Waals surface area contributed by atoms with Crippen molar-refractivity contribution in [1.29, 1.82) is 0 Å². The predicted molar refractivity (Wildman–Crippen MR) is 71.0 cm³/mol. The maximum Gasteiger partial charge on any atom is 0.139 e. The first-order valence-corrected chi connectivity index (χ1v) is 7.19. The number of ether oxygens (including phenoxy) is 1. The lowest BCUT2D eigenvalue weighted by Crippen LogP contribution is -2.36. The predicted octanol–water partition coefficient (Wildman–Crippen LogP) is 3.69. The minimum Gasteiger partial charge on any atom is -0.382 e. The molecule has 0 bridgehead atoms. The monoisotopic (exact) mass is 240 g/mol. The van der Waals surface area contributed by atoms with E-state index in [0.717, 1.165) is 19.6 Å². The lowest BCUT2D eigenvalue weighted by Gasteiger charge is -2.36. The van der Waals surface area contributed by atoms with Crippen molar-refractivity contribution in [1.82, 2.24) is 0 Å². The number of hydrogen-bond acceptors (Lipinski definition) is 2. The van der Waals surface area contributed by atoms with Crippen LogP contribution >= 0.6 is 0 Å². The maximum atomic E-state index is 12.3. The highest BCUT2D eigenvalue weighted by Crippen LogP contribution is 2.38. The van der Waals surface area contributed by atoms with Crippen molar-refractivity contribution in [3.05, 3.63) is 0 Å². The summed E-state index contributed by atoms with van der Waals surface area (Å²) in [6.45, 7) is 9.94. The molecule has 100 valence electrons. The average molecular weight is 240 g/mol. The highest BCUT2D eigenvalue weighted by molar-refractivity contribution is 5.83. The molecule has 0 saturated heterocycles. The average Bonchev–Trinajstić information content (AvgIpc) is 2.28. The van der Waals surface area contributed by atoms with Crippen molar-refractivity contribution >= 4 is 5.78 Å². The van der Waals surface area contributed by atoms with E-state index < -0.39 is 0 Å². The lowest BCUT2D eigenvalue weighted by atomic mass is 9.68. The fourth-order valence-corrected chi connectivity index (χ4v) is 3.13. The van der Waals surface area contributed by atoms with Crippen LogP contribution in [-0.4, -0.2) is 19.0 Å². The molecule has 0 N–H and O–H groups in total. The molecule has 1 aliphatic carbocycles. The summed E-state index contributed by atoms with van der Waals surface area (Å²) in [6, 6.07) is 0. The molecule has 0 aromatic carbocycles. The molecule has 3 atom stereocenters. The third-order valence-electron chi connectivity index (χ3n) is 4.09. The summed E-state index contributed by atoms with van der Waals surface area (Å²) in [6.07, 6.45) is 4.76. The van der Waals surface area contributed by atoms with Gasteiger partial charge >= 0.3 is 0 Å². The van der Waals surface area contributed by atoms with Crippen molar-refractivity contribution < 1.29 is 9.53 Å². The van der Waals surface area contributed by atoms with Gasteiger partial charge in [-0.2, -0.15) is 0 Å². The van der Waals surface area contributed by atoms with Crippen molar-refractivity contribution in [2.75, 3.05) is 13.2 Å². The first-order valence-electron chi connectivity index (χ1n) is 7.19. The van der Waals surface area contributed by atoms with Gasteiger partial charge in [0, 0.05) is 25.0 Å². The summed E-state index contributed by atoms with van der Waals surface area (Å²) in [5.74, 6) is 2.04. The molecule has 1 aliphatic rings. The number of rotatable bonds is 6. The molecule has 2 nitrogen and oxygen atoms in total. The van der Waals surface area contributed by atoms with Crippen LogP contribution in [0.1, 0.15) is 53.4 Å². The topological polar surface area (TPSA) is 26.3 Å². The fourth-order valence-electron chi connectivity index (χ4n) is 3.13. The van der Waals surface area contributed by atoms with Gasteiger partial charge in [0.2, 0.25) is 0 Å². The molecule has 0 spiro atoms. The van der Waals surface area contributed by atoms with Crippen molar-refractivity contribution in [2.45, 2.75) is 53.4 Å². The number of hydrogen-bond donors (Lipinski definition) is 0. The molecule has 1 fully saturated rings. The number of carbonyl (C=O) groups is 1. The Labute approximate surface area is 106 Å². The van der Waals surface area contributed by atoms with Gasteiger partial charge in [0.05, 0.1) is 0 Å². The van der Waals surface area contributed by atoms with E-state index in [0.29, 0.717) is 17.6 Å². The zero-order valence-electron chi connectivity index (χ0n) is 11.9. The molecule has 1 rings (SSSR count). The molecule has 17 heavy (non-hydrogen) atoms. The second-order valence-electron chi connectivity index (χ2n) is 5.74. The van der Waals surface area contributed by atoms with Crippen LogP contribution in [0.2, 0.25) is 0 Å². The van der Waals surface area contributed by atoms with E-state index in [9.17, 15) is 4.79 Å². The van der Waals surface area contributed by atoms with Gasteiger partial charge in [-0.05, 0) is 31.6 Å². The Bertz CT molecular complexity index is 235. The van der Waals surface area contributed by atoms with Crippen molar-refractivity contribution in [3.63, 3.8) is 0 Å². The minimum atomic E-state index is 0.176. The summed E-state index contributed by atoms with van der Waals surface area (Å²) >= 11 is 0. The van der Waals surface area contributed by atoms with Gasteiger partial charge in [-0.15, -0.1) is 0 Å². The maximum absolute atomic E-state index is 12.3. The van der Waals surface area contributed by atoms with Gasteiger partial charge in [0.15, 0.2) is 0 Å². The molecule has 0 radical (unpaired) electrons. The molecule has 0 heterocycles. The van der Waals surface area contributed by atoms with Crippen LogP contribution in [0.3, 0.4) is 0 Å². The molecule has 0 amide bonds. The SMILES string of the molecule is CCOCCC1CCCC(C)C1C(=O)C(C)C. The normalized spacial score (nSPS) is 29.6. The highest BCUT2D eigenvalue weighted by Gasteiger charge is 2.36. The Morgan fingerprint density at radius 1 is 1.35 bits per heavy atom. The Kier molecular flexibility index (Phi) is 6.18. The first-order chi connectivity index (χ1) is 8.07. The zero-order valence-corrected chi connectivity index (χ0v) is 11.9. The largest absolute Gasteiger partial charge is 0.382 e. The van der Waals surface area contributed by atoms with Crippen LogP contribution in [0, 0.1) is 23.7 Å². The van der Waals surface area contributed by atoms with Crippen LogP contribution in [0.15, 0.2) is 0 Å². The van der Waals surface area contributed by atoms with E-state index in [1.54, 1.807) is 0 Å². The van der Waals surface area contributed by atoms with Gasteiger partial charge in [0.25, 0.3) is 0 Å². The summed E-state index contributed by atoms with van der Waals surface area (Å²) in [5, 5.41) is 0. The van der Waals surface area contributed by atoms with Crippen LogP contribution in [0.5, 0.6) is 0 Å². The molecule has 0 aliphatic heterocycles. The Hall–Kier alpha value is -0.370. The molecular weight excluding hydrogens is 212 g/mol. The van der Waals surface area contributed by atoms with Crippen LogP contribution in [0.25, 0.3) is 0 Å². The molecule has 2 heteroatoms. The molecule has 1 saturated carbocycles. The van der Waals surface area contributed by atoms with Gasteiger partial charge in [0.1, 0.15) is 5.78 Å². The summed E-state index contributed by atoms with van der Waals surface area (Å²) in [5.41, 5.74) is 0. The van der Waals surface area contributed by atoms with Crippen LogP contribution in [0.4, 0.5) is 0 Å². The third-order valence-corrected chi connectivity index (χ3v) is 4.09. The number of Topliss-reactive ketones (excluding diaryl/α,β-unsaturated/α-hetero) is 1. The van der Waals surface area contributed by atoms with Gasteiger partial charge in [-0.25, -0.2) is 0 Å². The van der Waals surface area contributed by atoms with Crippen molar-refractivity contribution in [2.24, 2.45) is 23.7 Å². The van der Waals surface area contributed by atoms with Gasteiger partial charge in [-0.3, -0.25) is 4.79 Å². The molecule has 3 unspecified atom stereocenters. The summed E-state index contributed by atoms with van der Waals surface area (Å²) < 4.78 is 5.45. The fraction of sp³-hybridized carbons (Fsp3) is 0.933. The van der Waals surface area contributed by atoms with Gasteiger partial charge in [-0.1, -0.05) is 33.6 Å². The van der Waals surface area contributed by atoms with Gasteiger partial charge < -0.3 is 4.74 Å². The minimum absolute atomic E-state index is 0.176. The first kappa shape index (κ1) is 14.7. The van der Waals surface area contributed by atoms with E-state index >= 15 is 0 Å². The zero-order chi connectivity index (χ0) is 12.8. The van der Waals surface area contributed by atoms with Crippen molar-refractivity contribution in [3.8, 4) is 0 Å². The van der Waals surface area contributed by atoms with E-state index in [1.165, 1.54) is 19.3 Å².